The second kappa shape index (κ2) is 11.2. The van der Waals surface area contributed by atoms with Crippen molar-refractivity contribution in [1.82, 2.24) is 9.97 Å². The van der Waals surface area contributed by atoms with Crippen molar-refractivity contribution in [3.8, 4) is 23.1 Å². The van der Waals surface area contributed by atoms with Crippen molar-refractivity contribution in [2.45, 2.75) is 24.9 Å². The van der Waals surface area contributed by atoms with E-state index in [4.69, 9.17) is 14.9 Å². The Balaban J connectivity index is 1.50. The lowest BCUT2D eigenvalue weighted by Crippen LogP contribution is -2.26. The zero-order valence-corrected chi connectivity index (χ0v) is 18.9. The van der Waals surface area contributed by atoms with Crippen LogP contribution < -0.4 is 10.1 Å². The number of hydrogen-bond donors (Lipinski definition) is 2. The zero-order chi connectivity index (χ0) is 23.8. The van der Waals surface area contributed by atoms with Gasteiger partial charge >= 0.3 is 0 Å². The van der Waals surface area contributed by atoms with Crippen molar-refractivity contribution >= 4 is 24.1 Å². The fraction of sp³-hybridized carbons (Fsp3) is 0.269. The normalized spacial score (nSPS) is 14.9. The molecule has 1 unspecified atom stereocenters. The van der Waals surface area contributed by atoms with Crippen molar-refractivity contribution in [3.05, 3.63) is 65.9 Å². The summed E-state index contributed by atoms with van der Waals surface area (Å²) in [6, 6.07) is 17.3. The highest BCUT2D eigenvalue weighted by molar-refractivity contribution is 5.89. The molecule has 8 heteroatoms. The van der Waals surface area contributed by atoms with Gasteiger partial charge in [0.2, 0.25) is 5.95 Å². The lowest BCUT2D eigenvalue weighted by Gasteiger charge is -2.23. The zero-order valence-electron chi connectivity index (χ0n) is 18.9. The maximum Gasteiger partial charge on any atom is 0.227 e. The number of aliphatic imine (C=N–C) groups is 1. The van der Waals surface area contributed by atoms with E-state index < -0.39 is 0 Å². The summed E-state index contributed by atoms with van der Waals surface area (Å²) in [4.78, 5) is 12.9. The van der Waals surface area contributed by atoms with Crippen molar-refractivity contribution in [3.63, 3.8) is 0 Å². The standard InChI is InChI=1S/C26H26N6O2/c1-29-17-21(16-28)18-2-5-22(6-3-18)31-26-30-11-8-24(32-26)19-4-7-25(20(14-19)15-27)34-23-9-12-33-13-10-23/h2-8,11,14,16-17,21,23,28H,9-10,12-13H2,1H3,(H,30,31,32). The van der Waals surface area contributed by atoms with Gasteiger partial charge in [-0.15, -0.1) is 0 Å². The number of nitriles is 1. The Bertz CT molecular complexity index is 1200. The van der Waals surface area contributed by atoms with E-state index in [1.807, 2.05) is 42.5 Å². The van der Waals surface area contributed by atoms with Crippen LogP contribution in [0.3, 0.4) is 0 Å². The van der Waals surface area contributed by atoms with E-state index in [1.54, 1.807) is 25.5 Å². The topological polar surface area (TPSA) is 116 Å². The van der Waals surface area contributed by atoms with Gasteiger partial charge in [-0.3, -0.25) is 4.99 Å². The van der Waals surface area contributed by atoms with Crippen LogP contribution in [0.5, 0.6) is 5.75 Å². The molecule has 2 heterocycles. The Hall–Kier alpha value is -4.09. The van der Waals surface area contributed by atoms with Crippen LogP contribution in [-0.2, 0) is 4.74 Å². The number of rotatable bonds is 8. The molecule has 0 bridgehead atoms. The molecule has 1 aromatic heterocycles. The predicted molar refractivity (Wildman–Crippen MR) is 132 cm³/mol. The summed E-state index contributed by atoms with van der Waals surface area (Å²) >= 11 is 0. The van der Waals surface area contributed by atoms with Crippen LogP contribution in [0.15, 0.2) is 59.7 Å². The minimum atomic E-state index is -0.147. The molecule has 1 atom stereocenters. The monoisotopic (exact) mass is 454 g/mol. The summed E-state index contributed by atoms with van der Waals surface area (Å²) < 4.78 is 11.4. The number of benzene rings is 2. The second-order valence-electron chi connectivity index (χ2n) is 7.86. The van der Waals surface area contributed by atoms with Crippen LogP contribution >= 0.6 is 0 Å². The Morgan fingerprint density at radius 2 is 2.00 bits per heavy atom. The van der Waals surface area contributed by atoms with E-state index in [9.17, 15) is 5.26 Å². The van der Waals surface area contributed by atoms with Gasteiger partial charge in [0.05, 0.1) is 30.4 Å². The van der Waals surface area contributed by atoms with E-state index in [1.165, 1.54) is 6.21 Å². The molecular formula is C26H26N6O2. The first-order valence-corrected chi connectivity index (χ1v) is 11.1. The third-order valence-electron chi connectivity index (χ3n) is 5.55. The average Bonchev–Trinajstić information content (AvgIpc) is 2.89. The molecule has 8 nitrogen and oxygen atoms in total. The number of anilines is 2. The first-order valence-electron chi connectivity index (χ1n) is 11.1. The first kappa shape index (κ1) is 23.1. The molecule has 34 heavy (non-hydrogen) atoms. The van der Waals surface area contributed by atoms with Crippen LogP contribution in [-0.4, -0.2) is 48.8 Å². The molecule has 0 aliphatic carbocycles. The molecule has 2 N–H and O–H groups in total. The quantitative estimate of drug-likeness (QED) is 0.475. The Morgan fingerprint density at radius 3 is 2.71 bits per heavy atom. The average molecular weight is 455 g/mol. The van der Waals surface area contributed by atoms with Crippen molar-refractivity contribution in [2.75, 3.05) is 25.6 Å². The summed E-state index contributed by atoms with van der Waals surface area (Å²) in [5.41, 5.74) is 3.79. The van der Waals surface area contributed by atoms with E-state index >= 15 is 0 Å². The number of nitrogens with one attached hydrogen (secondary N) is 2. The fourth-order valence-electron chi connectivity index (χ4n) is 3.74. The van der Waals surface area contributed by atoms with Crippen molar-refractivity contribution in [2.24, 2.45) is 4.99 Å². The molecule has 0 amide bonds. The van der Waals surface area contributed by atoms with Gasteiger partial charge in [-0.05, 0) is 42.0 Å². The molecule has 172 valence electrons. The maximum atomic E-state index is 9.66. The largest absolute Gasteiger partial charge is 0.489 e. The smallest absolute Gasteiger partial charge is 0.227 e. The molecule has 0 radical (unpaired) electrons. The van der Waals surface area contributed by atoms with Gasteiger partial charge in [-0.2, -0.15) is 5.26 Å². The number of nitrogens with zero attached hydrogens (tertiary/aromatic N) is 4. The molecular weight excluding hydrogens is 428 g/mol. The highest BCUT2D eigenvalue weighted by Gasteiger charge is 2.17. The SMILES string of the molecule is CN=CC(C=N)c1ccc(Nc2nccc(-c3ccc(OC4CCOCC4)c(C#N)c3)n2)cc1. The van der Waals surface area contributed by atoms with Crippen LogP contribution in [0.2, 0.25) is 0 Å². The summed E-state index contributed by atoms with van der Waals surface area (Å²) in [5, 5.41) is 20.4. The van der Waals surface area contributed by atoms with Gasteiger partial charge in [-0.25, -0.2) is 9.97 Å². The van der Waals surface area contributed by atoms with E-state index in [0.717, 1.165) is 29.7 Å². The van der Waals surface area contributed by atoms with E-state index in [2.05, 4.69) is 26.3 Å². The maximum absolute atomic E-state index is 9.66. The van der Waals surface area contributed by atoms with Gasteiger partial charge in [0, 0.05) is 49.8 Å². The minimum absolute atomic E-state index is 0.0662. The first-order chi connectivity index (χ1) is 16.7. The van der Waals surface area contributed by atoms with Crippen LogP contribution in [0.4, 0.5) is 11.6 Å². The van der Waals surface area contributed by atoms with Gasteiger partial charge in [0.15, 0.2) is 0 Å². The molecule has 1 saturated heterocycles. The molecule has 0 spiro atoms. The molecule has 4 rings (SSSR count). The highest BCUT2D eigenvalue weighted by atomic mass is 16.5. The van der Waals surface area contributed by atoms with Gasteiger partial charge in [-0.1, -0.05) is 12.1 Å². The molecule has 3 aromatic rings. The third-order valence-corrected chi connectivity index (χ3v) is 5.55. The number of ether oxygens (including phenoxy) is 2. The van der Waals surface area contributed by atoms with Crippen molar-refractivity contribution in [1.29, 1.82) is 10.7 Å². The fourth-order valence-corrected chi connectivity index (χ4v) is 3.74. The molecule has 0 saturated carbocycles. The van der Waals surface area contributed by atoms with Crippen LogP contribution in [0, 0.1) is 16.7 Å². The molecule has 2 aromatic carbocycles. The van der Waals surface area contributed by atoms with Crippen molar-refractivity contribution < 1.29 is 9.47 Å². The van der Waals surface area contributed by atoms with Gasteiger partial charge in [0.25, 0.3) is 0 Å². The predicted octanol–water partition coefficient (Wildman–Crippen LogP) is 4.75. The molecule has 1 aliphatic heterocycles. The van der Waals surface area contributed by atoms with Crippen LogP contribution in [0.1, 0.15) is 29.9 Å². The Kier molecular flexibility index (Phi) is 7.58. The lowest BCUT2D eigenvalue weighted by molar-refractivity contribution is 0.0254. The second-order valence-corrected chi connectivity index (χ2v) is 7.86. The summed E-state index contributed by atoms with van der Waals surface area (Å²) in [6.45, 7) is 1.36. The number of aromatic nitrogens is 2. The van der Waals surface area contributed by atoms with E-state index in [-0.39, 0.29) is 12.0 Å². The third kappa shape index (κ3) is 5.63. The lowest BCUT2D eigenvalue weighted by atomic mass is 10.0. The summed E-state index contributed by atoms with van der Waals surface area (Å²) in [6.07, 6.45) is 6.48. The molecule has 1 fully saturated rings. The van der Waals surface area contributed by atoms with E-state index in [0.29, 0.717) is 36.2 Å². The summed E-state index contributed by atoms with van der Waals surface area (Å²) in [7, 11) is 1.70. The minimum Gasteiger partial charge on any atom is -0.489 e. The van der Waals surface area contributed by atoms with Gasteiger partial charge in [0.1, 0.15) is 17.9 Å². The molecule has 1 aliphatic rings. The van der Waals surface area contributed by atoms with Gasteiger partial charge < -0.3 is 20.2 Å². The Labute approximate surface area is 198 Å². The highest BCUT2D eigenvalue weighted by Crippen LogP contribution is 2.28. The van der Waals surface area contributed by atoms with Crippen LogP contribution in [0.25, 0.3) is 11.3 Å². The number of hydrogen-bond acceptors (Lipinski definition) is 8. The summed E-state index contributed by atoms with van der Waals surface area (Å²) in [5.74, 6) is 0.887. The Morgan fingerprint density at radius 1 is 1.21 bits per heavy atom.